The molecule has 3 aromatic heterocycles. The second-order valence-electron chi connectivity index (χ2n) is 9.01. The second kappa shape index (κ2) is 9.80. The number of benzene rings is 2. The van der Waals surface area contributed by atoms with E-state index in [0.717, 1.165) is 37.2 Å². The first-order valence-electron chi connectivity index (χ1n) is 12.2. The lowest BCUT2D eigenvalue weighted by molar-refractivity contribution is -0.133. The van der Waals surface area contributed by atoms with Crippen LogP contribution in [-0.4, -0.2) is 67.8 Å². The van der Waals surface area contributed by atoms with Crippen molar-refractivity contribution >= 4 is 39.5 Å². The molecule has 38 heavy (non-hydrogen) atoms. The minimum Gasteiger partial charge on any atom is -0.457 e. The fourth-order valence-corrected chi connectivity index (χ4v) is 4.47. The van der Waals surface area contributed by atoms with Gasteiger partial charge in [0.05, 0.1) is 36.4 Å². The third-order valence-electron chi connectivity index (χ3n) is 6.66. The summed E-state index contributed by atoms with van der Waals surface area (Å²) in [6.07, 6.45) is 4.80. The van der Waals surface area contributed by atoms with Crippen molar-refractivity contribution in [3.63, 3.8) is 0 Å². The summed E-state index contributed by atoms with van der Waals surface area (Å²) in [7, 11) is 3.59. The van der Waals surface area contributed by atoms with E-state index < -0.39 is 5.82 Å². The summed E-state index contributed by atoms with van der Waals surface area (Å²) in [5.74, 6) is 1.50. The molecule has 2 aromatic carbocycles. The molecule has 0 saturated carbocycles. The molecule has 1 aliphatic rings. The largest absolute Gasteiger partial charge is 0.457 e. The van der Waals surface area contributed by atoms with E-state index in [9.17, 15) is 0 Å². The fraction of sp³-hybridized carbons (Fsp3) is 0.269. The van der Waals surface area contributed by atoms with E-state index in [2.05, 4.69) is 30.2 Å². The van der Waals surface area contributed by atoms with E-state index in [1.807, 2.05) is 34.9 Å². The number of aryl methyl sites for hydroxylation is 1. The Morgan fingerprint density at radius 3 is 2.63 bits per heavy atom. The van der Waals surface area contributed by atoms with Crippen LogP contribution in [0, 0.1) is 12.7 Å². The zero-order valence-electron chi connectivity index (χ0n) is 21.2. The molecule has 12 heteroatoms. The van der Waals surface area contributed by atoms with Crippen LogP contribution in [0.3, 0.4) is 0 Å². The summed E-state index contributed by atoms with van der Waals surface area (Å²) in [4.78, 5) is 29.5. The van der Waals surface area contributed by atoms with Crippen molar-refractivity contribution in [2.45, 2.75) is 6.92 Å². The zero-order valence-corrected chi connectivity index (χ0v) is 21.2. The summed E-state index contributed by atoms with van der Waals surface area (Å²) >= 11 is 0. The Labute approximate surface area is 217 Å². The van der Waals surface area contributed by atoms with E-state index in [0.29, 0.717) is 39.9 Å². The van der Waals surface area contributed by atoms with E-state index in [4.69, 9.17) is 14.6 Å². The molecule has 6 rings (SSSR count). The molecule has 5 aromatic rings. The highest BCUT2D eigenvalue weighted by molar-refractivity contribution is 5.87. The maximum absolute atomic E-state index is 15.5. The first-order chi connectivity index (χ1) is 18.5. The van der Waals surface area contributed by atoms with Gasteiger partial charge >= 0.3 is 0 Å². The minimum atomic E-state index is -0.446. The number of hydrogen-bond donors (Lipinski definition) is 1. The van der Waals surface area contributed by atoms with Gasteiger partial charge in [-0.1, -0.05) is 0 Å². The normalized spacial score (nSPS) is 14.4. The Morgan fingerprint density at radius 2 is 1.82 bits per heavy atom. The summed E-state index contributed by atoms with van der Waals surface area (Å²) in [6.45, 7) is 4.59. The third-order valence-corrected chi connectivity index (χ3v) is 6.66. The molecule has 0 aliphatic carbocycles. The van der Waals surface area contributed by atoms with Crippen LogP contribution in [0.25, 0.3) is 22.1 Å². The Kier molecular flexibility index (Phi) is 6.18. The van der Waals surface area contributed by atoms with Crippen molar-refractivity contribution < 1.29 is 14.0 Å². The lowest BCUT2D eigenvalue weighted by Crippen LogP contribution is -2.46. The molecule has 194 valence electrons. The quantitative estimate of drug-likeness (QED) is 0.357. The number of fused-ring (bicyclic) bond motifs is 2. The van der Waals surface area contributed by atoms with Crippen molar-refractivity contribution in [1.29, 1.82) is 0 Å². The number of piperazine rings is 1. The summed E-state index contributed by atoms with van der Waals surface area (Å²) < 4.78 is 23.4. The van der Waals surface area contributed by atoms with Gasteiger partial charge in [-0.25, -0.2) is 29.3 Å². The number of imidazole rings is 1. The maximum Gasteiger partial charge on any atom is 0.226 e. The number of aromatic nitrogens is 6. The molecule has 0 amide bonds. The van der Waals surface area contributed by atoms with Gasteiger partial charge < -0.3 is 24.4 Å². The van der Waals surface area contributed by atoms with Gasteiger partial charge in [-0.2, -0.15) is 5.06 Å². The summed E-state index contributed by atoms with van der Waals surface area (Å²) in [5.41, 5.74) is 3.47. The van der Waals surface area contributed by atoms with E-state index in [-0.39, 0.29) is 5.69 Å². The Hall–Kier alpha value is -4.42. The predicted molar refractivity (Wildman–Crippen MR) is 141 cm³/mol. The van der Waals surface area contributed by atoms with Gasteiger partial charge in [0.15, 0.2) is 11.6 Å². The number of halogens is 1. The molecule has 1 N–H and O–H groups in total. The second-order valence-corrected chi connectivity index (χ2v) is 9.01. The average molecular weight is 516 g/mol. The molecular weight excluding hydrogens is 489 g/mol. The van der Waals surface area contributed by atoms with Crippen LogP contribution in [0.1, 0.15) is 5.56 Å². The van der Waals surface area contributed by atoms with Crippen LogP contribution in [0.15, 0.2) is 49.2 Å². The number of nitrogens with one attached hydrogen (secondary N) is 1. The number of rotatable bonds is 6. The van der Waals surface area contributed by atoms with Gasteiger partial charge in [0.2, 0.25) is 5.95 Å². The van der Waals surface area contributed by atoms with Crippen LogP contribution in [0.5, 0.6) is 11.5 Å². The van der Waals surface area contributed by atoms with Gasteiger partial charge in [-0.3, -0.25) is 0 Å². The maximum atomic E-state index is 15.5. The number of nitrogens with zero attached hydrogens (tertiary/aromatic N) is 8. The average Bonchev–Trinajstić information content (AvgIpc) is 3.32. The van der Waals surface area contributed by atoms with Crippen LogP contribution >= 0.6 is 0 Å². The molecule has 4 heterocycles. The first kappa shape index (κ1) is 23.9. The molecule has 0 unspecified atom stereocenters. The Bertz CT molecular complexity index is 1630. The zero-order chi connectivity index (χ0) is 26.2. The Balaban J connectivity index is 1.26. The molecule has 1 saturated heterocycles. The standard InChI is InChI=1S/C26H26FN9O2/c1-16-22(38-17-4-6-21-19(12-17)31-15-34(21)2)7-5-18(23(16)27)32-25-24-20(29-14-30-25)13-28-26(33-24)35-8-10-36(37-3)11-9-35/h4-7,12-15H,8-11H2,1-3H3,(H,29,30,32). The van der Waals surface area contributed by atoms with Crippen molar-refractivity contribution in [1.82, 2.24) is 34.6 Å². The molecule has 1 aliphatic heterocycles. The molecule has 0 radical (unpaired) electrons. The number of anilines is 3. The Morgan fingerprint density at radius 1 is 0.974 bits per heavy atom. The van der Waals surface area contributed by atoms with Crippen LogP contribution in [0.4, 0.5) is 21.8 Å². The smallest absolute Gasteiger partial charge is 0.226 e. The highest BCUT2D eigenvalue weighted by Gasteiger charge is 2.20. The van der Waals surface area contributed by atoms with Gasteiger partial charge in [0.1, 0.15) is 28.9 Å². The molecule has 0 bridgehead atoms. The predicted octanol–water partition coefficient (Wildman–Crippen LogP) is 3.97. The molecule has 0 spiro atoms. The molecular formula is C26H26FN9O2. The lowest BCUT2D eigenvalue weighted by atomic mass is 10.1. The van der Waals surface area contributed by atoms with Crippen LogP contribution < -0.4 is 15.0 Å². The van der Waals surface area contributed by atoms with Gasteiger partial charge in [0.25, 0.3) is 0 Å². The molecule has 1 fully saturated rings. The van der Waals surface area contributed by atoms with Crippen molar-refractivity contribution in [3.05, 3.63) is 60.6 Å². The van der Waals surface area contributed by atoms with Crippen molar-refractivity contribution in [2.24, 2.45) is 7.05 Å². The monoisotopic (exact) mass is 515 g/mol. The van der Waals surface area contributed by atoms with E-state index in [1.165, 1.54) is 6.33 Å². The van der Waals surface area contributed by atoms with Gasteiger partial charge in [-0.05, 0) is 31.2 Å². The third kappa shape index (κ3) is 4.44. The SMILES string of the molecule is CON1CCN(c2ncc3ncnc(Nc4ccc(Oc5ccc6c(c5)ncn6C)c(C)c4F)c3n2)CC1. The van der Waals surface area contributed by atoms with Gasteiger partial charge in [-0.15, -0.1) is 0 Å². The highest BCUT2D eigenvalue weighted by atomic mass is 19.1. The van der Waals surface area contributed by atoms with E-state index >= 15 is 4.39 Å². The van der Waals surface area contributed by atoms with Crippen molar-refractivity contribution in [3.8, 4) is 11.5 Å². The number of ether oxygens (including phenoxy) is 1. The molecule has 0 atom stereocenters. The van der Waals surface area contributed by atoms with Crippen LogP contribution in [-0.2, 0) is 11.9 Å². The lowest BCUT2D eigenvalue weighted by Gasteiger charge is -2.33. The van der Waals surface area contributed by atoms with E-state index in [1.54, 1.807) is 38.7 Å². The van der Waals surface area contributed by atoms with Gasteiger partial charge in [0, 0.05) is 44.9 Å². The van der Waals surface area contributed by atoms with Crippen molar-refractivity contribution in [2.75, 3.05) is 43.5 Å². The number of hydrogen-bond acceptors (Lipinski definition) is 10. The van der Waals surface area contributed by atoms with Crippen LogP contribution in [0.2, 0.25) is 0 Å². The summed E-state index contributed by atoms with van der Waals surface area (Å²) in [6, 6.07) is 8.94. The fourth-order valence-electron chi connectivity index (χ4n) is 4.47. The number of hydroxylamine groups is 2. The minimum absolute atomic E-state index is 0.254. The first-order valence-corrected chi connectivity index (χ1v) is 12.2. The topological polar surface area (TPSA) is 106 Å². The summed E-state index contributed by atoms with van der Waals surface area (Å²) in [5, 5.41) is 4.98. The highest BCUT2D eigenvalue weighted by Crippen LogP contribution is 2.33. The molecule has 11 nitrogen and oxygen atoms in total.